The molecule has 5 nitrogen and oxygen atoms in total. The summed E-state index contributed by atoms with van der Waals surface area (Å²) < 4.78 is 26.8. The number of hydrogen-bond acceptors (Lipinski definition) is 3. The molecule has 128 valence electrons. The Kier molecular flexibility index (Phi) is 6.22. The molecule has 0 heterocycles. The molecule has 0 aliphatic heterocycles. The molecule has 1 saturated carbocycles. The molecule has 1 aliphatic carbocycles. The largest absolute Gasteiger partial charge is 0.352 e. The first-order valence-corrected chi connectivity index (χ1v) is 10.0. The van der Waals surface area contributed by atoms with E-state index in [0.29, 0.717) is 5.92 Å². The Hall–Kier alpha value is -0.920. The lowest BCUT2D eigenvalue weighted by molar-refractivity contribution is -0.122. The van der Waals surface area contributed by atoms with Crippen molar-refractivity contribution >= 4 is 31.9 Å². The van der Waals surface area contributed by atoms with Crippen LogP contribution in [0.25, 0.3) is 0 Å². The lowest BCUT2D eigenvalue weighted by Crippen LogP contribution is -2.43. The van der Waals surface area contributed by atoms with Crippen molar-refractivity contribution in [3.05, 3.63) is 28.7 Å². The fraction of sp³-hybridized carbons (Fsp3) is 0.562. The van der Waals surface area contributed by atoms with Crippen LogP contribution in [0, 0.1) is 5.92 Å². The number of likely N-dealkylation sites (N-methyl/N-ethyl adjacent to an activating group) is 1. The zero-order valence-electron chi connectivity index (χ0n) is 13.5. The highest BCUT2D eigenvalue weighted by atomic mass is 79.9. The zero-order valence-corrected chi connectivity index (χ0v) is 15.9. The quantitative estimate of drug-likeness (QED) is 0.822. The number of halogens is 1. The number of nitrogens with one attached hydrogen (secondary N) is 1. The van der Waals surface area contributed by atoms with E-state index in [1.807, 2.05) is 0 Å². The van der Waals surface area contributed by atoms with Gasteiger partial charge < -0.3 is 5.32 Å². The van der Waals surface area contributed by atoms with E-state index in [4.69, 9.17) is 0 Å². The molecule has 0 spiro atoms. The first-order valence-electron chi connectivity index (χ1n) is 7.80. The summed E-state index contributed by atoms with van der Waals surface area (Å²) in [5.41, 5.74) is 0. The molecule has 0 bridgehead atoms. The van der Waals surface area contributed by atoms with Crippen LogP contribution in [-0.2, 0) is 14.8 Å². The Labute approximate surface area is 146 Å². The fourth-order valence-corrected chi connectivity index (χ4v) is 4.14. The second-order valence-electron chi connectivity index (χ2n) is 6.24. The van der Waals surface area contributed by atoms with Crippen LogP contribution in [0.15, 0.2) is 33.6 Å². The Balaban J connectivity index is 1.93. The molecule has 0 unspecified atom stereocenters. The van der Waals surface area contributed by atoms with Crippen molar-refractivity contribution < 1.29 is 13.2 Å². The summed E-state index contributed by atoms with van der Waals surface area (Å²) in [5, 5.41) is 2.95. The minimum absolute atomic E-state index is 0.162. The lowest BCUT2D eigenvalue weighted by Gasteiger charge is -2.27. The maximum Gasteiger partial charge on any atom is 0.243 e. The number of hydrogen-bond donors (Lipinski definition) is 1. The summed E-state index contributed by atoms with van der Waals surface area (Å²) in [6.45, 7) is 2.06. The predicted octanol–water partition coefficient (Wildman–Crippen LogP) is 2.76. The highest BCUT2D eigenvalue weighted by Crippen LogP contribution is 2.23. The van der Waals surface area contributed by atoms with Gasteiger partial charge >= 0.3 is 0 Å². The van der Waals surface area contributed by atoms with Crippen LogP contribution in [-0.4, -0.2) is 38.3 Å². The van der Waals surface area contributed by atoms with Gasteiger partial charge in [0.1, 0.15) is 0 Å². The van der Waals surface area contributed by atoms with Crippen molar-refractivity contribution in [3.63, 3.8) is 0 Å². The van der Waals surface area contributed by atoms with E-state index in [-0.39, 0.29) is 23.4 Å². The van der Waals surface area contributed by atoms with Gasteiger partial charge in [-0.3, -0.25) is 4.79 Å². The molecule has 1 fully saturated rings. The average molecular weight is 403 g/mol. The Morgan fingerprint density at radius 3 is 2.35 bits per heavy atom. The Morgan fingerprint density at radius 1 is 1.22 bits per heavy atom. The maximum atomic E-state index is 12.4. The molecule has 2 rings (SSSR count). The van der Waals surface area contributed by atoms with E-state index in [1.165, 1.54) is 19.2 Å². The summed E-state index contributed by atoms with van der Waals surface area (Å²) in [5.74, 6) is 0.469. The molecule has 0 saturated heterocycles. The van der Waals surface area contributed by atoms with Crippen molar-refractivity contribution in [2.24, 2.45) is 5.92 Å². The van der Waals surface area contributed by atoms with E-state index >= 15 is 0 Å². The van der Waals surface area contributed by atoms with Crippen LogP contribution in [0.3, 0.4) is 0 Å². The Morgan fingerprint density at radius 2 is 1.78 bits per heavy atom. The molecular formula is C16H23BrN2O3S. The van der Waals surface area contributed by atoms with Gasteiger partial charge in [-0.25, -0.2) is 8.42 Å². The third-order valence-electron chi connectivity index (χ3n) is 4.27. The summed E-state index contributed by atoms with van der Waals surface area (Å²) in [6, 6.07) is 6.56. The SMILES string of the molecule is CC1CCC(NC(=O)CN(C)S(=O)(=O)c2ccc(Br)cc2)CC1. The van der Waals surface area contributed by atoms with Gasteiger partial charge in [0, 0.05) is 17.6 Å². The number of amides is 1. The third-order valence-corrected chi connectivity index (χ3v) is 6.62. The molecule has 0 atom stereocenters. The van der Waals surface area contributed by atoms with Crippen molar-refractivity contribution in [1.29, 1.82) is 0 Å². The first-order chi connectivity index (χ1) is 10.8. The average Bonchev–Trinajstić information content (AvgIpc) is 2.50. The standard InChI is InChI=1S/C16H23BrN2O3S/c1-12-3-7-14(8-4-12)18-16(20)11-19(2)23(21,22)15-9-5-13(17)6-10-15/h5-6,9-10,12,14H,3-4,7-8,11H2,1-2H3,(H,18,20). The van der Waals surface area contributed by atoms with E-state index in [1.54, 1.807) is 12.1 Å². The van der Waals surface area contributed by atoms with Crippen LogP contribution in [0.4, 0.5) is 0 Å². The molecule has 1 aromatic carbocycles. The van der Waals surface area contributed by atoms with E-state index < -0.39 is 10.0 Å². The van der Waals surface area contributed by atoms with Crippen LogP contribution in [0.1, 0.15) is 32.6 Å². The van der Waals surface area contributed by atoms with Crippen molar-refractivity contribution in [2.45, 2.75) is 43.5 Å². The molecule has 0 aromatic heterocycles. The van der Waals surface area contributed by atoms with Crippen molar-refractivity contribution in [1.82, 2.24) is 9.62 Å². The second-order valence-corrected chi connectivity index (χ2v) is 9.20. The summed E-state index contributed by atoms with van der Waals surface area (Å²) >= 11 is 3.28. The van der Waals surface area contributed by atoms with E-state index in [0.717, 1.165) is 34.5 Å². The molecule has 1 aliphatic rings. The van der Waals surface area contributed by atoms with Gasteiger partial charge in [-0.2, -0.15) is 4.31 Å². The number of sulfonamides is 1. The number of benzene rings is 1. The van der Waals surface area contributed by atoms with Crippen LogP contribution < -0.4 is 5.32 Å². The molecule has 1 amide bonds. The first kappa shape index (κ1) is 18.4. The molecule has 1 aromatic rings. The highest BCUT2D eigenvalue weighted by molar-refractivity contribution is 9.10. The monoisotopic (exact) mass is 402 g/mol. The predicted molar refractivity (Wildman–Crippen MR) is 93.5 cm³/mol. The zero-order chi connectivity index (χ0) is 17.0. The van der Waals surface area contributed by atoms with Gasteiger partial charge in [0.05, 0.1) is 11.4 Å². The van der Waals surface area contributed by atoms with Crippen LogP contribution in [0.2, 0.25) is 0 Å². The molecule has 7 heteroatoms. The van der Waals surface area contributed by atoms with Crippen molar-refractivity contribution in [3.8, 4) is 0 Å². The number of carbonyl (C=O) groups is 1. The lowest BCUT2D eigenvalue weighted by atomic mass is 9.87. The molecular weight excluding hydrogens is 380 g/mol. The van der Waals surface area contributed by atoms with Crippen LogP contribution >= 0.6 is 15.9 Å². The van der Waals surface area contributed by atoms with Gasteiger partial charge in [0.25, 0.3) is 0 Å². The van der Waals surface area contributed by atoms with E-state index in [2.05, 4.69) is 28.2 Å². The normalized spacial score (nSPS) is 22.1. The minimum atomic E-state index is -3.65. The van der Waals surface area contributed by atoms with Crippen LogP contribution in [0.5, 0.6) is 0 Å². The van der Waals surface area contributed by atoms with Crippen molar-refractivity contribution in [2.75, 3.05) is 13.6 Å². The molecule has 1 N–H and O–H groups in total. The fourth-order valence-electron chi connectivity index (χ4n) is 2.75. The minimum Gasteiger partial charge on any atom is -0.352 e. The van der Waals surface area contributed by atoms with Gasteiger partial charge in [-0.05, 0) is 55.9 Å². The Bertz CT molecular complexity index is 638. The summed E-state index contributed by atoms with van der Waals surface area (Å²) in [6.07, 6.45) is 4.15. The summed E-state index contributed by atoms with van der Waals surface area (Å²) in [7, 11) is -2.22. The van der Waals surface area contributed by atoms with Gasteiger partial charge in [0.15, 0.2) is 0 Å². The van der Waals surface area contributed by atoms with Gasteiger partial charge in [0.2, 0.25) is 15.9 Å². The molecule has 0 radical (unpaired) electrons. The number of carbonyl (C=O) groups excluding carboxylic acids is 1. The maximum absolute atomic E-state index is 12.4. The highest BCUT2D eigenvalue weighted by Gasteiger charge is 2.25. The third kappa shape index (κ3) is 5.02. The number of rotatable bonds is 5. The number of nitrogens with zero attached hydrogens (tertiary/aromatic N) is 1. The second kappa shape index (κ2) is 7.77. The van der Waals surface area contributed by atoms with Gasteiger partial charge in [-0.15, -0.1) is 0 Å². The topological polar surface area (TPSA) is 66.5 Å². The summed E-state index contributed by atoms with van der Waals surface area (Å²) in [4.78, 5) is 12.3. The van der Waals surface area contributed by atoms with E-state index in [9.17, 15) is 13.2 Å². The van der Waals surface area contributed by atoms with Gasteiger partial charge in [-0.1, -0.05) is 22.9 Å². The smallest absolute Gasteiger partial charge is 0.243 e. The molecule has 23 heavy (non-hydrogen) atoms.